The maximum absolute atomic E-state index is 12.8. The minimum atomic E-state index is -4.71. The fourth-order valence-electron chi connectivity index (χ4n) is 2.57. The predicted molar refractivity (Wildman–Crippen MR) is 71.3 cm³/mol. The first-order chi connectivity index (χ1) is 9.32. The van der Waals surface area contributed by atoms with Crippen LogP contribution in [0.4, 0.5) is 13.2 Å². The van der Waals surface area contributed by atoms with E-state index in [4.69, 9.17) is 4.74 Å². The molecule has 2 heterocycles. The third kappa shape index (κ3) is 4.45. The number of carbonyl (C=O) groups excluding carboxylic acids is 1. The van der Waals surface area contributed by atoms with Crippen molar-refractivity contribution in [1.82, 2.24) is 10.2 Å². The maximum Gasteiger partial charge on any atom is 0.418 e. The van der Waals surface area contributed by atoms with Gasteiger partial charge in [-0.1, -0.05) is 0 Å². The van der Waals surface area contributed by atoms with Crippen molar-refractivity contribution in [2.45, 2.75) is 37.1 Å². The number of nitrogens with zero attached hydrogens (tertiary/aromatic N) is 1. The molecule has 2 aliphatic rings. The van der Waals surface area contributed by atoms with Gasteiger partial charge in [-0.05, 0) is 12.8 Å². The van der Waals surface area contributed by atoms with Gasteiger partial charge in [0.15, 0.2) is 5.60 Å². The summed E-state index contributed by atoms with van der Waals surface area (Å²) in [5.74, 6) is -0.379. The number of halogens is 4. The lowest BCUT2D eigenvalue weighted by molar-refractivity contribution is -0.272. The summed E-state index contributed by atoms with van der Waals surface area (Å²) in [6, 6.07) is -0.169. The van der Waals surface area contributed by atoms with E-state index in [0.717, 1.165) is 4.90 Å². The van der Waals surface area contributed by atoms with Crippen LogP contribution in [0.3, 0.4) is 0 Å². The lowest BCUT2D eigenvalue weighted by Crippen LogP contribution is -2.58. The lowest BCUT2D eigenvalue weighted by Gasteiger charge is -2.40. The van der Waals surface area contributed by atoms with Crippen molar-refractivity contribution >= 4 is 18.3 Å². The van der Waals surface area contributed by atoms with Gasteiger partial charge in [0.05, 0.1) is 19.8 Å². The predicted octanol–water partition coefficient (Wildman–Crippen LogP) is 0.702. The van der Waals surface area contributed by atoms with Crippen molar-refractivity contribution in [2.75, 3.05) is 32.8 Å². The van der Waals surface area contributed by atoms with E-state index in [1.54, 1.807) is 0 Å². The smallest absolute Gasteiger partial charge is 0.379 e. The Kier molecular flexibility index (Phi) is 6.27. The molecule has 0 radical (unpaired) electrons. The van der Waals surface area contributed by atoms with Gasteiger partial charge in [0.25, 0.3) is 0 Å². The average molecular weight is 333 g/mol. The van der Waals surface area contributed by atoms with Gasteiger partial charge in [-0.3, -0.25) is 4.79 Å². The van der Waals surface area contributed by atoms with Crippen LogP contribution in [0.25, 0.3) is 0 Å². The second-order valence-electron chi connectivity index (χ2n) is 5.38. The Labute approximate surface area is 127 Å². The number of aliphatic hydroxyl groups is 1. The molecule has 5 nitrogen and oxygen atoms in total. The number of carbonyl (C=O) groups is 1. The molecule has 2 fully saturated rings. The number of amides is 1. The highest BCUT2D eigenvalue weighted by Gasteiger charge is 2.55. The maximum atomic E-state index is 12.8. The molecule has 0 spiro atoms. The van der Waals surface area contributed by atoms with Gasteiger partial charge in [0, 0.05) is 25.6 Å². The Morgan fingerprint density at radius 3 is 2.76 bits per heavy atom. The highest BCUT2D eigenvalue weighted by Crippen LogP contribution is 2.37. The molecule has 0 bridgehead atoms. The summed E-state index contributed by atoms with van der Waals surface area (Å²) in [6.07, 6.45) is -4.83. The number of morpholine rings is 1. The van der Waals surface area contributed by atoms with Gasteiger partial charge in [-0.25, -0.2) is 0 Å². The zero-order valence-corrected chi connectivity index (χ0v) is 12.3. The fraction of sp³-hybridized carbons (Fsp3) is 0.917. The van der Waals surface area contributed by atoms with Crippen molar-refractivity contribution in [1.29, 1.82) is 0 Å². The highest BCUT2D eigenvalue weighted by molar-refractivity contribution is 5.85. The number of β-amino-alcohol motifs (C(OH)–C–C–N with tert-alkyl or cyclic N) is 1. The van der Waals surface area contributed by atoms with E-state index in [1.807, 2.05) is 0 Å². The van der Waals surface area contributed by atoms with E-state index in [2.05, 4.69) is 5.32 Å². The van der Waals surface area contributed by atoms with Crippen LogP contribution < -0.4 is 5.32 Å². The molecule has 1 amide bonds. The Morgan fingerprint density at radius 2 is 2.19 bits per heavy atom. The Hall–Kier alpha value is -0.570. The highest BCUT2D eigenvalue weighted by atomic mass is 35.5. The molecule has 0 aromatic heterocycles. The summed E-state index contributed by atoms with van der Waals surface area (Å²) in [6.45, 7) is 1.16. The minimum absolute atomic E-state index is 0. The SMILES string of the molecule is Cl.O=C(CC1COCCN1)N1CCCC(O)(C(F)(F)F)C1. The van der Waals surface area contributed by atoms with Gasteiger partial charge < -0.3 is 20.1 Å². The number of ether oxygens (including phenoxy) is 1. The van der Waals surface area contributed by atoms with Gasteiger partial charge in [-0.2, -0.15) is 13.2 Å². The van der Waals surface area contributed by atoms with E-state index < -0.39 is 18.3 Å². The Balaban J connectivity index is 0.00000220. The number of rotatable bonds is 2. The first kappa shape index (κ1) is 18.5. The molecular formula is C12H20ClF3N2O3. The number of hydrogen-bond acceptors (Lipinski definition) is 4. The van der Waals surface area contributed by atoms with Crippen LogP contribution in [-0.4, -0.2) is 66.6 Å². The molecule has 2 rings (SSSR count). The van der Waals surface area contributed by atoms with Crippen LogP contribution >= 0.6 is 12.4 Å². The first-order valence-electron chi connectivity index (χ1n) is 6.70. The van der Waals surface area contributed by atoms with Crippen LogP contribution in [0, 0.1) is 0 Å². The summed E-state index contributed by atoms with van der Waals surface area (Å²) >= 11 is 0. The van der Waals surface area contributed by atoms with Crippen LogP contribution in [0.15, 0.2) is 0 Å². The number of nitrogens with one attached hydrogen (secondary N) is 1. The quantitative estimate of drug-likeness (QED) is 0.781. The van der Waals surface area contributed by atoms with Crippen molar-refractivity contribution in [3.8, 4) is 0 Å². The Bertz CT molecular complexity index is 364. The van der Waals surface area contributed by atoms with Gasteiger partial charge in [0.2, 0.25) is 5.91 Å². The standard InChI is InChI=1S/C12H19F3N2O3.ClH/c13-12(14,15)11(19)2-1-4-17(8-11)10(18)6-9-7-20-5-3-16-9;/h9,16,19H,1-8H2;1H. The van der Waals surface area contributed by atoms with Crippen LogP contribution in [0.2, 0.25) is 0 Å². The van der Waals surface area contributed by atoms with E-state index in [1.165, 1.54) is 0 Å². The Morgan fingerprint density at radius 1 is 1.48 bits per heavy atom. The largest absolute Gasteiger partial charge is 0.418 e. The van der Waals surface area contributed by atoms with Crippen molar-refractivity contribution in [2.24, 2.45) is 0 Å². The second kappa shape index (κ2) is 7.13. The molecule has 2 atom stereocenters. The monoisotopic (exact) mass is 332 g/mol. The van der Waals surface area contributed by atoms with Gasteiger partial charge in [-0.15, -0.1) is 12.4 Å². The van der Waals surface area contributed by atoms with E-state index >= 15 is 0 Å². The molecule has 21 heavy (non-hydrogen) atoms. The third-order valence-electron chi connectivity index (χ3n) is 3.77. The summed E-state index contributed by atoms with van der Waals surface area (Å²) in [5.41, 5.74) is -2.78. The number of alkyl halides is 3. The first-order valence-corrected chi connectivity index (χ1v) is 6.70. The number of likely N-dealkylation sites (tertiary alicyclic amines) is 1. The molecule has 9 heteroatoms. The fourth-order valence-corrected chi connectivity index (χ4v) is 2.57. The molecular weight excluding hydrogens is 313 g/mol. The second-order valence-corrected chi connectivity index (χ2v) is 5.38. The van der Waals surface area contributed by atoms with Gasteiger partial charge >= 0.3 is 6.18 Å². The van der Waals surface area contributed by atoms with Crippen LogP contribution in [-0.2, 0) is 9.53 Å². The molecule has 0 aromatic rings. The molecule has 2 saturated heterocycles. The van der Waals surface area contributed by atoms with E-state index in [-0.39, 0.29) is 50.2 Å². The molecule has 2 N–H and O–H groups in total. The summed E-state index contributed by atoms with van der Waals surface area (Å²) < 4.78 is 43.6. The van der Waals surface area contributed by atoms with Crippen molar-refractivity contribution in [3.05, 3.63) is 0 Å². The summed E-state index contributed by atoms with van der Waals surface area (Å²) in [4.78, 5) is 13.1. The van der Waals surface area contributed by atoms with E-state index in [9.17, 15) is 23.1 Å². The zero-order valence-electron chi connectivity index (χ0n) is 11.5. The molecule has 2 aliphatic heterocycles. The minimum Gasteiger partial charge on any atom is -0.379 e. The molecule has 0 aromatic carbocycles. The molecule has 124 valence electrons. The van der Waals surface area contributed by atoms with Crippen LogP contribution in [0.5, 0.6) is 0 Å². The van der Waals surface area contributed by atoms with Gasteiger partial charge in [0.1, 0.15) is 0 Å². The van der Waals surface area contributed by atoms with Crippen molar-refractivity contribution in [3.63, 3.8) is 0 Å². The molecule has 0 aliphatic carbocycles. The van der Waals surface area contributed by atoms with E-state index in [0.29, 0.717) is 19.8 Å². The normalized spacial score (nSPS) is 30.7. The molecule has 2 unspecified atom stereocenters. The lowest BCUT2D eigenvalue weighted by atomic mass is 9.92. The third-order valence-corrected chi connectivity index (χ3v) is 3.77. The zero-order chi connectivity index (χ0) is 14.8. The summed E-state index contributed by atoms with van der Waals surface area (Å²) in [5, 5.41) is 12.8. The van der Waals surface area contributed by atoms with Crippen molar-refractivity contribution < 1.29 is 27.8 Å². The number of piperidine rings is 1. The average Bonchev–Trinajstić information content (AvgIpc) is 2.38. The summed E-state index contributed by atoms with van der Waals surface area (Å²) in [7, 11) is 0. The van der Waals surface area contributed by atoms with Crippen LogP contribution in [0.1, 0.15) is 19.3 Å². The molecule has 0 saturated carbocycles. The number of hydrogen-bond donors (Lipinski definition) is 2. The topological polar surface area (TPSA) is 61.8 Å².